The van der Waals surface area contributed by atoms with Crippen molar-refractivity contribution < 1.29 is 0 Å². The van der Waals surface area contributed by atoms with Crippen molar-refractivity contribution in [2.45, 2.75) is 13.3 Å². The molecule has 0 fully saturated rings. The first kappa shape index (κ1) is 9.40. The fourth-order valence-corrected chi connectivity index (χ4v) is 1.75. The van der Waals surface area contributed by atoms with E-state index in [1.807, 2.05) is 22.9 Å². The number of aryl methyl sites for hydroxylation is 1. The van der Waals surface area contributed by atoms with Crippen LogP contribution in [0.4, 0.5) is 0 Å². The molecule has 0 aromatic carbocycles. The van der Waals surface area contributed by atoms with Crippen LogP contribution in [0.3, 0.4) is 0 Å². The maximum absolute atomic E-state index is 4.28. The van der Waals surface area contributed by atoms with Crippen molar-refractivity contribution in [3.8, 4) is 5.82 Å². The minimum Gasteiger partial charge on any atom is -0.236 e. The van der Waals surface area contributed by atoms with Gasteiger partial charge in [0.25, 0.3) is 0 Å². The second kappa shape index (κ2) is 3.92. The Kier molecular flexibility index (Phi) is 2.63. The van der Waals surface area contributed by atoms with Gasteiger partial charge in [0.15, 0.2) is 5.82 Å². The SMILES string of the molecule is CCc1ccnn1-c1ncccc1Br. The number of hydrogen-bond donors (Lipinski definition) is 0. The van der Waals surface area contributed by atoms with Gasteiger partial charge in [-0.15, -0.1) is 0 Å². The van der Waals surface area contributed by atoms with E-state index >= 15 is 0 Å². The summed E-state index contributed by atoms with van der Waals surface area (Å²) in [6.45, 7) is 2.10. The fraction of sp³-hybridized carbons (Fsp3) is 0.200. The minimum atomic E-state index is 0.842. The number of pyridine rings is 1. The normalized spacial score (nSPS) is 10.4. The molecule has 0 saturated heterocycles. The molecular formula is C10H10BrN3. The molecule has 0 bridgehead atoms. The summed E-state index contributed by atoms with van der Waals surface area (Å²) in [5, 5.41) is 4.24. The smallest absolute Gasteiger partial charge is 0.167 e. The highest BCUT2D eigenvalue weighted by atomic mass is 79.9. The largest absolute Gasteiger partial charge is 0.236 e. The van der Waals surface area contributed by atoms with E-state index in [-0.39, 0.29) is 0 Å². The Hall–Kier alpha value is -1.16. The van der Waals surface area contributed by atoms with E-state index in [0.29, 0.717) is 0 Å². The Morgan fingerprint density at radius 2 is 2.21 bits per heavy atom. The number of hydrogen-bond acceptors (Lipinski definition) is 2. The van der Waals surface area contributed by atoms with Crippen molar-refractivity contribution >= 4 is 15.9 Å². The number of aromatic nitrogens is 3. The molecule has 2 heterocycles. The summed E-state index contributed by atoms with van der Waals surface area (Å²) in [7, 11) is 0. The van der Waals surface area contributed by atoms with Gasteiger partial charge in [-0.3, -0.25) is 0 Å². The first-order valence-electron chi connectivity index (χ1n) is 4.46. The quantitative estimate of drug-likeness (QED) is 0.822. The van der Waals surface area contributed by atoms with Crippen LogP contribution in [0, 0.1) is 0 Å². The minimum absolute atomic E-state index is 0.842. The Morgan fingerprint density at radius 3 is 2.93 bits per heavy atom. The van der Waals surface area contributed by atoms with Crippen molar-refractivity contribution in [2.75, 3.05) is 0 Å². The van der Waals surface area contributed by atoms with Gasteiger partial charge in [-0.2, -0.15) is 5.10 Å². The van der Waals surface area contributed by atoms with Crippen LogP contribution < -0.4 is 0 Å². The fourth-order valence-electron chi connectivity index (χ4n) is 1.32. The lowest BCUT2D eigenvalue weighted by Gasteiger charge is -2.05. The molecule has 0 unspecified atom stereocenters. The molecular weight excluding hydrogens is 242 g/mol. The Labute approximate surface area is 90.9 Å². The number of halogens is 1. The van der Waals surface area contributed by atoms with Crippen molar-refractivity contribution in [1.29, 1.82) is 0 Å². The summed E-state index contributed by atoms with van der Waals surface area (Å²) in [5.74, 6) is 0.842. The first-order valence-corrected chi connectivity index (χ1v) is 5.26. The van der Waals surface area contributed by atoms with Crippen LogP contribution in [0.15, 0.2) is 35.1 Å². The Balaban J connectivity index is 2.54. The van der Waals surface area contributed by atoms with Crippen molar-refractivity contribution in [3.05, 3.63) is 40.8 Å². The summed E-state index contributed by atoms with van der Waals surface area (Å²) in [5.41, 5.74) is 1.16. The summed E-state index contributed by atoms with van der Waals surface area (Å²) in [4.78, 5) is 4.28. The maximum Gasteiger partial charge on any atom is 0.167 e. The van der Waals surface area contributed by atoms with Crippen molar-refractivity contribution in [2.24, 2.45) is 0 Å². The zero-order valence-corrected chi connectivity index (χ0v) is 9.40. The molecule has 0 saturated carbocycles. The standard InChI is InChI=1S/C10H10BrN3/c1-2-8-5-7-13-14(8)10-9(11)4-3-6-12-10/h3-7H,2H2,1H3. The zero-order chi connectivity index (χ0) is 9.97. The molecule has 0 atom stereocenters. The van der Waals surface area contributed by atoms with Gasteiger partial charge in [0.1, 0.15) is 0 Å². The van der Waals surface area contributed by atoms with Crippen LogP contribution in [-0.2, 0) is 6.42 Å². The van der Waals surface area contributed by atoms with Gasteiger partial charge in [0, 0.05) is 18.1 Å². The lowest BCUT2D eigenvalue weighted by molar-refractivity contribution is 0.785. The molecule has 72 valence electrons. The van der Waals surface area contributed by atoms with Crippen molar-refractivity contribution in [3.63, 3.8) is 0 Å². The second-order valence-electron chi connectivity index (χ2n) is 2.90. The lowest BCUT2D eigenvalue weighted by Crippen LogP contribution is -2.03. The van der Waals surface area contributed by atoms with Gasteiger partial charge in [-0.05, 0) is 40.5 Å². The summed E-state index contributed by atoms with van der Waals surface area (Å²) >= 11 is 3.46. The van der Waals surface area contributed by atoms with Crippen LogP contribution in [0.2, 0.25) is 0 Å². The molecule has 0 spiro atoms. The van der Waals surface area contributed by atoms with E-state index in [0.717, 1.165) is 22.4 Å². The molecule has 4 heteroatoms. The predicted octanol–water partition coefficient (Wildman–Crippen LogP) is 2.59. The zero-order valence-electron chi connectivity index (χ0n) is 7.81. The van der Waals surface area contributed by atoms with Crippen molar-refractivity contribution in [1.82, 2.24) is 14.8 Å². The molecule has 0 amide bonds. The molecule has 2 rings (SSSR count). The number of rotatable bonds is 2. The van der Waals surface area contributed by atoms with Crippen LogP contribution in [0.25, 0.3) is 5.82 Å². The number of nitrogens with zero attached hydrogens (tertiary/aromatic N) is 3. The van der Waals surface area contributed by atoms with Crippen LogP contribution in [0.1, 0.15) is 12.6 Å². The molecule has 0 aliphatic rings. The average molecular weight is 252 g/mol. The maximum atomic E-state index is 4.28. The van der Waals surface area contributed by atoms with E-state index in [1.165, 1.54) is 0 Å². The van der Waals surface area contributed by atoms with E-state index in [4.69, 9.17) is 0 Å². The van der Waals surface area contributed by atoms with Gasteiger partial charge in [-0.1, -0.05) is 6.92 Å². The van der Waals surface area contributed by atoms with Crippen LogP contribution in [0.5, 0.6) is 0 Å². The third kappa shape index (κ3) is 1.57. The molecule has 0 aliphatic heterocycles. The molecule has 3 nitrogen and oxygen atoms in total. The van der Waals surface area contributed by atoms with Gasteiger partial charge in [0.05, 0.1) is 4.47 Å². The molecule has 2 aromatic heterocycles. The van der Waals surface area contributed by atoms with Gasteiger partial charge in [-0.25, -0.2) is 9.67 Å². The van der Waals surface area contributed by atoms with Gasteiger partial charge in [0.2, 0.25) is 0 Å². The molecule has 0 aliphatic carbocycles. The highest BCUT2D eigenvalue weighted by Gasteiger charge is 2.06. The second-order valence-corrected chi connectivity index (χ2v) is 3.75. The van der Waals surface area contributed by atoms with E-state index in [2.05, 4.69) is 32.9 Å². The predicted molar refractivity (Wildman–Crippen MR) is 58.4 cm³/mol. The molecule has 2 aromatic rings. The monoisotopic (exact) mass is 251 g/mol. The highest BCUT2D eigenvalue weighted by Crippen LogP contribution is 2.18. The third-order valence-electron chi connectivity index (χ3n) is 2.02. The summed E-state index contributed by atoms with van der Waals surface area (Å²) < 4.78 is 2.81. The molecule has 14 heavy (non-hydrogen) atoms. The topological polar surface area (TPSA) is 30.7 Å². The molecule has 0 N–H and O–H groups in total. The summed E-state index contributed by atoms with van der Waals surface area (Å²) in [6, 6.07) is 5.85. The first-order chi connectivity index (χ1) is 6.83. The van der Waals surface area contributed by atoms with Gasteiger partial charge < -0.3 is 0 Å². The Morgan fingerprint density at radius 1 is 1.36 bits per heavy atom. The van der Waals surface area contributed by atoms with Crippen LogP contribution >= 0.6 is 15.9 Å². The average Bonchev–Trinajstić information content (AvgIpc) is 2.66. The third-order valence-corrected chi connectivity index (χ3v) is 2.64. The van der Waals surface area contributed by atoms with Crippen LogP contribution in [-0.4, -0.2) is 14.8 Å². The summed E-state index contributed by atoms with van der Waals surface area (Å²) in [6.07, 6.45) is 4.50. The van der Waals surface area contributed by atoms with E-state index in [1.54, 1.807) is 12.4 Å². The van der Waals surface area contributed by atoms with E-state index < -0.39 is 0 Å². The lowest BCUT2D eigenvalue weighted by atomic mass is 10.3. The highest BCUT2D eigenvalue weighted by molar-refractivity contribution is 9.10. The van der Waals surface area contributed by atoms with Gasteiger partial charge >= 0.3 is 0 Å². The van der Waals surface area contributed by atoms with E-state index in [9.17, 15) is 0 Å². The Bertz CT molecular complexity index is 436. The molecule has 0 radical (unpaired) electrons.